The normalized spacial score (nSPS) is 13.0. The first-order valence-corrected chi connectivity index (χ1v) is 8.58. The minimum Gasteiger partial charge on any atom is -0.345 e. The summed E-state index contributed by atoms with van der Waals surface area (Å²) in [5.74, 6) is 5.93. The number of anilines is 1. The van der Waals surface area contributed by atoms with Crippen molar-refractivity contribution in [2.24, 2.45) is 0 Å². The molecule has 3 amide bonds. The van der Waals surface area contributed by atoms with Crippen LogP contribution in [0.2, 0.25) is 0 Å². The topological polar surface area (TPSA) is 61.4 Å². The number of hydrogen-bond acceptors (Lipinski definition) is 2. The number of nitrogens with zero attached hydrogens (tertiary/aromatic N) is 1. The van der Waals surface area contributed by atoms with Crippen LogP contribution in [0.1, 0.15) is 16.7 Å². The van der Waals surface area contributed by atoms with Gasteiger partial charge in [-0.05, 0) is 36.8 Å². The van der Waals surface area contributed by atoms with Gasteiger partial charge in [-0.1, -0.05) is 41.7 Å². The molecule has 2 aromatic carbocycles. The maximum Gasteiger partial charge on any atom is 0.321 e. The SMILES string of the molecule is Cc1cccc(CC(=O)NCC#Cc2ccc(N3CCNC3=O)cc2)c1. The minimum absolute atomic E-state index is 0.0414. The molecule has 1 fully saturated rings. The summed E-state index contributed by atoms with van der Waals surface area (Å²) in [7, 11) is 0. The van der Waals surface area contributed by atoms with E-state index < -0.39 is 0 Å². The highest BCUT2D eigenvalue weighted by molar-refractivity contribution is 5.94. The third-order valence-corrected chi connectivity index (χ3v) is 4.09. The highest BCUT2D eigenvalue weighted by atomic mass is 16.2. The summed E-state index contributed by atoms with van der Waals surface area (Å²) in [5, 5.41) is 5.58. The molecule has 0 bridgehead atoms. The van der Waals surface area contributed by atoms with E-state index in [2.05, 4.69) is 22.5 Å². The van der Waals surface area contributed by atoms with E-state index in [9.17, 15) is 9.59 Å². The van der Waals surface area contributed by atoms with Crippen LogP contribution in [-0.4, -0.2) is 31.6 Å². The number of rotatable bonds is 4. The molecule has 0 radical (unpaired) electrons. The summed E-state index contributed by atoms with van der Waals surface area (Å²) in [6, 6.07) is 15.4. The van der Waals surface area contributed by atoms with Crippen LogP contribution in [0.25, 0.3) is 0 Å². The molecule has 3 rings (SSSR count). The fourth-order valence-electron chi connectivity index (χ4n) is 2.80. The smallest absolute Gasteiger partial charge is 0.321 e. The zero-order valence-corrected chi connectivity index (χ0v) is 14.7. The van der Waals surface area contributed by atoms with Crippen LogP contribution < -0.4 is 15.5 Å². The molecule has 2 aromatic rings. The van der Waals surface area contributed by atoms with Gasteiger partial charge in [0.1, 0.15) is 0 Å². The van der Waals surface area contributed by atoms with E-state index >= 15 is 0 Å². The second-order valence-corrected chi connectivity index (χ2v) is 6.17. The summed E-state index contributed by atoms with van der Waals surface area (Å²) in [5.41, 5.74) is 3.85. The molecule has 1 heterocycles. The predicted molar refractivity (Wildman–Crippen MR) is 102 cm³/mol. The van der Waals surface area contributed by atoms with Crippen LogP contribution in [0.15, 0.2) is 48.5 Å². The molecule has 0 spiro atoms. The summed E-state index contributed by atoms with van der Waals surface area (Å²) in [6.45, 7) is 3.66. The Morgan fingerprint density at radius 1 is 1.23 bits per heavy atom. The number of aryl methyl sites for hydroxylation is 1. The van der Waals surface area contributed by atoms with Gasteiger partial charge in [0.05, 0.1) is 13.0 Å². The molecule has 0 aromatic heterocycles. The zero-order valence-electron chi connectivity index (χ0n) is 14.7. The van der Waals surface area contributed by atoms with Crippen molar-refractivity contribution in [1.82, 2.24) is 10.6 Å². The minimum atomic E-state index is -0.0693. The molecule has 26 heavy (non-hydrogen) atoms. The van der Waals surface area contributed by atoms with Crippen LogP contribution >= 0.6 is 0 Å². The van der Waals surface area contributed by atoms with Crippen LogP contribution in [-0.2, 0) is 11.2 Å². The Hall–Kier alpha value is -3.26. The Morgan fingerprint density at radius 3 is 2.73 bits per heavy atom. The van der Waals surface area contributed by atoms with Crippen LogP contribution in [0, 0.1) is 18.8 Å². The first kappa shape index (κ1) is 17.6. The molecule has 0 atom stereocenters. The molecule has 1 saturated heterocycles. The van der Waals surface area contributed by atoms with Crippen molar-refractivity contribution in [2.45, 2.75) is 13.3 Å². The molecule has 5 nitrogen and oxygen atoms in total. The maximum atomic E-state index is 11.9. The largest absolute Gasteiger partial charge is 0.345 e. The van der Waals surface area contributed by atoms with Crippen LogP contribution in [0.5, 0.6) is 0 Å². The molecule has 2 N–H and O–H groups in total. The quantitative estimate of drug-likeness (QED) is 0.833. The zero-order chi connectivity index (χ0) is 18.4. The number of amides is 3. The summed E-state index contributed by atoms with van der Waals surface area (Å²) >= 11 is 0. The van der Waals surface area contributed by atoms with E-state index in [4.69, 9.17) is 0 Å². The van der Waals surface area contributed by atoms with Gasteiger partial charge >= 0.3 is 6.03 Å². The lowest BCUT2D eigenvalue weighted by Crippen LogP contribution is -2.27. The van der Waals surface area contributed by atoms with Gasteiger partial charge in [-0.15, -0.1) is 0 Å². The van der Waals surface area contributed by atoms with Gasteiger partial charge in [-0.2, -0.15) is 0 Å². The molecule has 0 aliphatic carbocycles. The lowest BCUT2D eigenvalue weighted by molar-refractivity contribution is -0.120. The van der Waals surface area contributed by atoms with Gasteiger partial charge in [0, 0.05) is 24.3 Å². The summed E-state index contributed by atoms with van der Waals surface area (Å²) < 4.78 is 0. The number of hydrogen-bond donors (Lipinski definition) is 2. The highest BCUT2D eigenvalue weighted by Gasteiger charge is 2.20. The Kier molecular flexibility index (Phi) is 5.55. The second kappa shape index (κ2) is 8.21. The number of benzene rings is 2. The van der Waals surface area contributed by atoms with Crippen molar-refractivity contribution in [3.8, 4) is 11.8 Å². The first-order chi connectivity index (χ1) is 12.6. The standard InChI is InChI=1S/C21H21N3O2/c1-16-4-2-5-18(14-16)15-20(25)22-11-3-6-17-7-9-19(10-8-17)24-13-12-23-21(24)26/h2,4-5,7-10,14H,11-13,15H2,1H3,(H,22,25)(H,23,26). The first-order valence-electron chi connectivity index (χ1n) is 8.58. The van der Waals surface area contributed by atoms with E-state index in [0.29, 0.717) is 26.1 Å². The lowest BCUT2D eigenvalue weighted by Gasteiger charge is -2.13. The fourth-order valence-corrected chi connectivity index (χ4v) is 2.80. The van der Waals surface area contributed by atoms with E-state index in [1.807, 2.05) is 55.5 Å². The molecule has 1 aliphatic heterocycles. The summed E-state index contributed by atoms with van der Waals surface area (Å²) in [4.78, 5) is 25.3. The van der Waals surface area contributed by atoms with Crippen molar-refractivity contribution in [1.29, 1.82) is 0 Å². The maximum absolute atomic E-state index is 11.9. The average Bonchev–Trinajstić information content (AvgIpc) is 3.05. The van der Waals surface area contributed by atoms with Gasteiger partial charge in [0.25, 0.3) is 0 Å². The van der Waals surface area contributed by atoms with Crippen molar-refractivity contribution in [3.05, 3.63) is 65.2 Å². The van der Waals surface area contributed by atoms with E-state index in [1.165, 1.54) is 0 Å². The van der Waals surface area contributed by atoms with Crippen molar-refractivity contribution >= 4 is 17.6 Å². The van der Waals surface area contributed by atoms with Crippen molar-refractivity contribution < 1.29 is 9.59 Å². The molecule has 132 valence electrons. The Bertz CT molecular complexity index is 863. The second-order valence-electron chi connectivity index (χ2n) is 6.17. The van der Waals surface area contributed by atoms with E-state index in [-0.39, 0.29) is 11.9 Å². The van der Waals surface area contributed by atoms with E-state index in [0.717, 1.165) is 22.4 Å². The molecule has 5 heteroatoms. The lowest BCUT2D eigenvalue weighted by atomic mass is 10.1. The molecule has 0 saturated carbocycles. The van der Waals surface area contributed by atoms with Gasteiger partial charge in [-0.3, -0.25) is 9.69 Å². The number of carbonyl (C=O) groups excluding carboxylic acids is 2. The Labute approximate surface area is 153 Å². The van der Waals surface area contributed by atoms with Crippen LogP contribution in [0.3, 0.4) is 0 Å². The van der Waals surface area contributed by atoms with Gasteiger partial charge in [0.15, 0.2) is 0 Å². The third kappa shape index (κ3) is 4.64. The number of carbonyl (C=O) groups is 2. The average molecular weight is 347 g/mol. The number of nitrogens with one attached hydrogen (secondary N) is 2. The van der Waals surface area contributed by atoms with Gasteiger partial charge in [0.2, 0.25) is 5.91 Å². The Morgan fingerprint density at radius 2 is 2.04 bits per heavy atom. The van der Waals surface area contributed by atoms with E-state index in [1.54, 1.807) is 4.90 Å². The third-order valence-electron chi connectivity index (χ3n) is 4.09. The van der Waals surface area contributed by atoms with Crippen LogP contribution in [0.4, 0.5) is 10.5 Å². The Balaban J connectivity index is 1.48. The van der Waals surface area contributed by atoms with Gasteiger partial charge in [-0.25, -0.2) is 4.79 Å². The molecule has 0 unspecified atom stereocenters. The predicted octanol–water partition coefficient (Wildman–Crippen LogP) is 2.24. The summed E-state index contributed by atoms with van der Waals surface area (Å²) in [6.07, 6.45) is 0.357. The fraction of sp³-hybridized carbons (Fsp3) is 0.238. The van der Waals surface area contributed by atoms with Crippen molar-refractivity contribution in [3.63, 3.8) is 0 Å². The highest BCUT2D eigenvalue weighted by Crippen LogP contribution is 2.16. The molecule has 1 aliphatic rings. The molecular weight excluding hydrogens is 326 g/mol. The van der Waals surface area contributed by atoms with Crippen molar-refractivity contribution in [2.75, 3.05) is 24.5 Å². The monoisotopic (exact) mass is 347 g/mol. The number of urea groups is 1. The molecular formula is C21H21N3O2. The van der Waals surface area contributed by atoms with Gasteiger partial charge < -0.3 is 10.6 Å².